The first-order valence-electron chi connectivity index (χ1n) is 6.20. The SMILES string of the molecule is c1ccc(-c2ccc(OCC3CC3)cc2)cc1. The second kappa shape index (κ2) is 4.62. The van der Waals surface area contributed by atoms with E-state index in [2.05, 4.69) is 48.5 Å². The van der Waals surface area contributed by atoms with Crippen LogP contribution < -0.4 is 4.74 Å². The summed E-state index contributed by atoms with van der Waals surface area (Å²) in [5.41, 5.74) is 2.49. The maximum atomic E-state index is 5.72. The second-order valence-corrected chi connectivity index (χ2v) is 4.64. The molecule has 86 valence electrons. The van der Waals surface area contributed by atoms with E-state index in [4.69, 9.17) is 4.74 Å². The van der Waals surface area contributed by atoms with Gasteiger partial charge in [0, 0.05) is 0 Å². The highest BCUT2D eigenvalue weighted by Crippen LogP contribution is 2.30. The fourth-order valence-corrected chi connectivity index (χ4v) is 1.87. The van der Waals surface area contributed by atoms with E-state index in [1.807, 2.05) is 6.07 Å². The Morgan fingerprint density at radius 2 is 1.47 bits per heavy atom. The molecule has 3 rings (SSSR count). The van der Waals surface area contributed by atoms with Crippen molar-refractivity contribution in [1.82, 2.24) is 0 Å². The zero-order valence-corrected chi connectivity index (χ0v) is 9.80. The zero-order chi connectivity index (χ0) is 11.5. The topological polar surface area (TPSA) is 9.23 Å². The summed E-state index contributed by atoms with van der Waals surface area (Å²) in [6.45, 7) is 0.880. The minimum absolute atomic E-state index is 0.809. The Kier molecular flexibility index (Phi) is 2.83. The van der Waals surface area contributed by atoms with Crippen LogP contribution in [0.15, 0.2) is 54.6 Å². The van der Waals surface area contributed by atoms with Crippen LogP contribution in [0.5, 0.6) is 5.75 Å². The minimum atomic E-state index is 0.809. The lowest BCUT2D eigenvalue weighted by atomic mass is 10.1. The van der Waals surface area contributed by atoms with Crippen molar-refractivity contribution in [3.05, 3.63) is 54.6 Å². The number of rotatable bonds is 4. The smallest absolute Gasteiger partial charge is 0.119 e. The molecule has 1 saturated carbocycles. The molecule has 2 aromatic rings. The van der Waals surface area contributed by atoms with Gasteiger partial charge < -0.3 is 4.74 Å². The molecule has 2 aromatic carbocycles. The molecule has 0 bridgehead atoms. The van der Waals surface area contributed by atoms with Crippen molar-refractivity contribution >= 4 is 0 Å². The highest BCUT2D eigenvalue weighted by atomic mass is 16.5. The highest BCUT2D eigenvalue weighted by molar-refractivity contribution is 5.63. The molecule has 0 N–H and O–H groups in total. The summed E-state index contributed by atoms with van der Waals surface area (Å²) in [7, 11) is 0. The van der Waals surface area contributed by atoms with Gasteiger partial charge in [-0.2, -0.15) is 0 Å². The number of ether oxygens (including phenoxy) is 1. The van der Waals surface area contributed by atoms with Crippen LogP contribution in [0.25, 0.3) is 11.1 Å². The molecule has 1 nitrogen and oxygen atoms in total. The first kappa shape index (κ1) is 10.4. The molecule has 0 spiro atoms. The van der Waals surface area contributed by atoms with Gasteiger partial charge in [-0.1, -0.05) is 42.5 Å². The molecule has 0 aromatic heterocycles. The Labute approximate surface area is 102 Å². The summed E-state index contributed by atoms with van der Waals surface area (Å²) in [5.74, 6) is 1.79. The van der Waals surface area contributed by atoms with Crippen molar-refractivity contribution < 1.29 is 4.74 Å². The summed E-state index contributed by atoms with van der Waals surface area (Å²) >= 11 is 0. The van der Waals surface area contributed by atoms with Crippen molar-refractivity contribution in [2.75, 3.05) is 6.61 Å². The lowest BCUT2D eigenvalue weighted by Crippen LogP contribution is -1.98. The molecule has 0 radical (unpaired) electrons. The van der Waals surface area contributed by atoms with Gasteiger partial charge in [-0.15, -0.1) is 0 Å². The average molecular weight is 224 g/mol. The zero-order valence-electron chi connectivity index (χ0n) is 9.80. The van der Waals surface area contributed by atoms with Crippen LogP contribution in [0.3, 0.4) is 0 Å². The second-order valence-electron chi connectivity index (χ2n) is 4.64. The van der Waals surface area contributed by atoms with Crippen LogP contribution in [0.1, 0.15) is 12.8 Å². The first-order valence-corrected chi connectivity index (χ1v) is 6.20. The highest BCUT2D eigenvalue weighted by Gasteiger charge is 2.21. The van der Waals surface area contributed by atoms with E-state index in [1.54, 1.807) is 0 Å². The molecule has 1 aliphatic rings. The van der Waals surface area contributed by atoms with Crippen molar-refractivity contribution in [2.45, 2.75) is 12.8 Å². The van der Waals surface area contributed by atoms with Crippen LogP contribution in [0.4, 0.5) is 0 Å². The van der Waals surface area contributed by atoms with Crippen molar-refractivity contribution in [3.63, 3.8) is 0 Å². The van der Waals surface area contributed by atoms with Crippen molar-refractivity contribution in [2.24, 2.45) is 5.92 Å². The molecule has 0 unspecified atom stereocenters. The molecule has 0 amide bonds. The normalized spacial score (nSPS) is 14.6. The van der Waals surface area contributed by atoms with Gasteiger partial charge in [0.1, 0.15) is 5.75 Å². The van der Waals surface area contributed by atoms with Crippen molar-refractivity contribution in [1.29, 1.82) is 0 Å². The van der Waals surface area contributed by atoms with E-state index < -0.39 is 0 Å². The van der Waals surface area contributed by atoms with Crippen molar-refractivity contribution in [3.8, 4) is 16.9 Å². The maximum absolute atomic E-state index is 5.72. The quantitative estimate of drug-likeness (QED) is 0.758. The summed E-state index contributed by atoms with van der Waals surface area (Å²) in [5, 5.41) is 0. The summed E-state index contributed by atoms with van der Waals surface area (Å²) in [4.78, 5) is 0. The molecule has 1 aliphatic carbocycles. The van der Waals surface area contributed by atoms with E-state index in [0.717, 1.165) is 18.3 Å². The van der Waals surface area contributed by atoms with Gasteiger partial charge in [0.2, 0.25) is 0 Å². The van der Waals surface area contributed by atoms with Gasteiger partial charge in [0.05, 0.1) is 6.61 Å². The third-order valence-electron chi connectivity index (χ3n) is 3.14. The molecule has 0 atom stereocenters. The standard InChI is InChI=1S/C16H16O/c1-2-4-14(5-3-1)15-8-10-16(11-9-15)17-12-13-6-7-13/h1-5,8-11,13H,6-7,12H2. The maximum Gasteiger partial charge on any atom is 0.119 e. The lowest BCUT2D eigenvalue weighted by Gasteiger charge is -2.06. The Morgan fingerprint density at radius 3 is 2.12 bits per heavy atom. The Bertz CT molecular complexity index is 469. The molecule has 1 fully saturated rings. The van der Waals surface area contributed by atoms with Crippen LogP contribution in [-0.2, 0) is 0 Å². The largest absolute Gasteiger partial charge is 0.493 e. The predicted octanol–water partition coefficient (Wildman–Crippen LogP) is 4.14. The summed E-state index contributed by atoms with van der Waals surface area (Å²) < 4.78 is 5.72. The fraction of sp³-hybridized carbons (Fsp3) is 0.250. The van der Waals surface area contributed by atoms with Gasteiger partial charge in [-0.3, -0.25) is 0 Å². The average Bonchev–Trinajstić information content (AvgIpc) is 3.22. The minimum Gasteiger partial charge on any atom is -0.493 e. The van der Waals surface area contributed by atoms with Gasteiger partial charge in [-0.05, 0) is 42.0 Å². The molecular formula is C16H16O. The van der Waals surface area contributed by atoms with E-state index in [0.29, 0.717) is 0 Å². The van der Waals surface area contributed by atoms with Crippen LogP contribution in [0.2, 0.25) is 0 Å². The molecular weight excluding hydrogens is 208 g/mol. The Morgan fingerprint density at radius 1 is 0.824 bits per heavy atom. The van der Waals surface area contributed by atoms with E-state index in [-0.39, 0.29) is 0 Å². The number of benzene rings is 2. The van der Waals surface area contributed by atoms with E-state index in [9.17, 15) is 0 Å². The molecule has 1 heteroatoms. The lowest BCUT2D eigenvalue weighted by molar-refractivity contribution is 0.300. The van der Waals surface area contributed by atoms with Gasteiger partial charge in [0.15, 0.2) is 0 Å². The molecule has 17 heavy (non-hydrogen) atoms. The Balaban J connectivity index is 1.70. The third kappa shape index (κ3) is 2.68. The Hall–Kier alpha value is -1.76. The molecule has 0 heterocycles. The van der Waals surface area contributed by atoms with Gasteiger partial charge in [0.25, 0.3) is 0 Å². The van der Waals surface area contributed by atoms with Gasteiger partial charge >= 0.3 is 0 Å². The van der Waals surface area contributed by atoms with Crippen LogP contribution >= 0.6 is 0 Å². The predicted molar refractivity (Wildman–Crippen MR) is 70.1 cm³/mol. The number of hydrogen-bond donors (Lipinski definition) is 0. The van der Waals surface area contributed by atoms with E-state index >= 15 is 0 Å². The van der Waals surface area contributed by atoms with Crippen LogP contribution in [-0.4, -0.2) is 6.61 Å². The molecule has 0 aliphatic heterocycles. The van der Waals surface area contributed by atoms with Crippen LogP contribution in [0, 0.1) is 5.92 Å². The first-order chi connectivity index (χ1) is 8.42. The van der Waals surface area contributed by atoms with E-state index in [1.165, 1.54) is 24.0 Å². The third-order valence-corrected chi connectivity index (χ3v) is 3.14. The monoisotopic (exact) mass is 224 g/mol. The van der Waals surface area contributed by atoms with Gasteiger partial charge in [-0.25, -0.2) is 0 Å². The summed E-state index contributed by atoms with van der Waals surface area (Å²) in [6.07, 6.45) is 2.67. The summed E-state index contributed by atoms with van der Waals surface area (Å²) in [6, 6.07) is 18.8. The number of hydrogen-bond acceptors (Lipinski definition) is 1. The fourth-order valence-electron chi connectivity index (χ4n) is 1.87. The molecule has 0 saturated heterocycles.